The molecule has 1 aliphatic heterocycles. The molecule has 3 rings (SSSR count). The van der Waals surface area contributed by atoms with Crippen molar-refractivity contribution in [3.8, 4) is 0 Å². The molecule has 7 heteroatoms. The van der Waals surface area contributed by atoms with Crippen LogP contribution in [-0.2, 0) is 11.2 Å². The fourth-order valence-electron chi connectivity index (χ4n) is 2.91. The Kier molecular flexibility index (Phi) is 5.78. The van der Waals surface area contributed by atoms with Crippen LogP contribution in [0, 0.1) is 0 Å². The first-order valence-electron chi connectivity index (χ1n) is 8.80. The quantitative estimate of drug-likeness (QED) is 0.880. The number of piperazine rings is 1. The summed E-state index contributed by atoms with van der Waals surface area (Å²) in [5.74, 6) is 0.554. The molecule has 0 radical (unpaired) electrons. The summed E-state index contributed by atoms with van der Waals surface area (Å²) in [5, 5.41) is 11.4. The van der Waals surface area contributed by atoms with Gasteiger partial charge in [-0.15, -0.1) is 10.2 Å². The highest BCUT2D eigenvalue weighted by Crippen LogP contribution is 2.09. The fraction of sp³-hybridized carbons (Fsp3) is 0.368. The Morgan fingerprint density at radius 2 is 1.65 bits per heavy atom. The first-order chi connectivity index (χ1) is 12.6. The minimum Gasteiger partial charge on any atom is -0.368 e. The summed E-state index contributed by atoms with van der Waals surface area (Å²) in [6.45, 7) is 4.47. The molecule has 0 aliphatic carbocycles. The van der Waals surface area contributed by atoms with E-state index in [1.807, 2.05) is 18.2 Å². The van der Waals surface area contributed by atoms with Crippen molar-refractivity contribution in [1.82, 2.24) is 20.0 Å². The lowest BCUT2D eigenvalue weighted by molar-refractivity contribution is -0.130. The maximum Gasteiger partial charge on any atom is 0.274 e. The van der Waals surface area contributed by atoms with Crippen LogP contribution in [0.1, 0.15) is 23.0 Å². The molecule has 1 aromatic heterocycles. The smallest absolute Gasteiger partial charge is 0.274 e. The summed E-state index contributed by atoms with van der Waals surface area (Å²) in [4.78, 5) is 27.3. The first kappa shape index (κ1) is 17.8. The largest absolute Gasteiger partial charge is 0.368 e. The lowest BCUT2D eigenvalue weighted by Gasteiger charge is -2.33. The van der Waals surface area contributed by atoms with Gasteiger partial charge in [0, 0.05) is 39.6 Å². The van der Waals surface area contributed by atoms with Gasteiger partial charge in [-0.2, -0.15) is 0 Å². The van der Waals surface area contributed by atoms with Gasteiger partial charge in [-0.3, -0.25) is 9.59 Å². The molecule has 1 aliphatic rings. The second-order valence-electron chi connectivity index (χ2n) is 6.26. The van der Waals surface area contributed by atoms with Crippen molar-refractivity contribution in [3.05, 3.63) is 53.7 Å². The van der Waals surface area contributed by atoms with E-state index >= 15 is 0 Å². The topological polar surface area (TPSA) is 78.4 Å². The summed E-state index contributed by atoms with van der Waals surface area (Å²) in [5.41, 5.74) is 1.58. The lowest BCUT2D eigenvalue weighted by atomic mass is 10.1. The van der Waals surface area contributed by atoms with E-state index in [1.54, 1.807) is 28.9 Å². The van der Waals surface area contributed by atoms with Gasteiger partial charge < -0.3 is 15.1 Å². The number of benzene rings is 1. The van der Waals surface area contributed by atoms with Crippen LogP contribution < -0.4 is 5.32 Å². The number of rotatable bonds is 5. The minimum atomic E-state index is -0.142. The summed E-state index contributed by atoms with van der Waals surface area (Å²) >= 11 is 0. The normalized spacial score (nSPS) is 14.2. The van der Waals surface area contributed by atoms with Gasteiger partial charge in [-0.1, -0.05) is 30.3 Å². The van der Waals surface area contributed by atoms with Gasteiger partial charge >= 0.3 is 0 Å². The SMILES string of the molecule is CC(=O)N1CCN(C(=O)c2ccc(NCCc3ccccc3)nn2)CC1. The zero-order valence-electron chi connectivity index (χ0n) is 14.9. The molecule has 1 aromatic carbocycles. The molecule has 1 saturated heterocycles. The summed E-state index contributed by atoms with van der Waals surface area (Å²) in [6, 6.07) is 13.7. The maximum atomic E-state index is 12.5. The van der Waals surface area contributed by atoms with Crippen LogP contribution in [0.25, 0.3) is 0 Å². The molecule has 0 unspecified atom stereocenters. The number of aromatic nitrogens is 2. The van der Waals surface area contributed by atoms with Gasteiger partial charge in [0.15, 0.2) is 5.69 Å². The number of anilines is 1. The fourth-order valence-corrected chi connectivity index (χ4v) is 2.91. The summed E-state index contributed by atoms with van der Waals surface area (Å²) in [6.07, 6.45) is 0.892. The van der Waals surface area contributed by atoms with E-state index in [2.05, 4.69) is 27.6 Å². The standard InChI is InChI=1S/C19H23N5O2/c1-15(25)23-11-13-24(14-12-23)19(26)17-7-8-18(22-21-17)20-10-9-16-5-3-2-4-6-16/h2-8H,9-14H2,1H3,(H,20,22). The molecule has 1 N–H and O–H groups in total. The molecule has 2 aromatic rings. The number of carbonyl (C=O) groups is 2. The van der Waals surface area contributed by atoms with Crippen LogP contribution >= 0.6 is 0 Å². The molecule has 2 heterocycles. The van der Waals surface area contributed by atoms with Crippen molar-refractivity contribution in [2.75, 3.05) is 38.0 Å². The second-order valence-corrected chi connectivity index (χ2v) is 6.26. The highest BCUT2D eigenvalue weighted by molar-refractivity contribution is 5.92. The third-order valence-corrected chi connectivity index (χ3v) is 4.46. The van der Waals surface area contributed by atoms with Crippen molar-refractivity contribution in [2.45, 2.75) is 13.3 Å². The Morgan fingerprint density at radius 3 is 2.27 bits per heavy atom. The van der Waals surface area contributed by atoms with E-state index in [1.165, 1.54) is 5.56 Å². The average Bonchev–Trinajstić information content (AvgIpc) is 2.69. The van der Waals surface area contributed by atoms with Crippen LogP contribution in [0.3, 0.4) is 0 Å². The third kappa shape index (κ3) is 4.56. The number of hydrogen-bond acceptors (Lipinski definition) is 5. The first-order valence-corrected chi connectivity index (χ1v) is 8.80. The van der Waals surface area contributed by atoms with E-state index < -0.39 is 0 Å². The highest BCUT2D eigenvalue weighted by atomic mass is 16.2. The van der Waals surface area contributed by atoms with Gasteiger partial charge in [0.25, 0.3) is 5.91 Å². The number of nitrogens with one attached hydrogen (secondary N) is 1. The van der Waals surface area contributed by atoms with Crippen molar-refractivity contribution >= 4 is 17.6 Å². The Bertz CT molecular complexity index is 740. The Morgan fingerprint density at radius 1 is 0.962 bits per heavy atom. The van der Waals surface area contributed by atoms with E-state index in [4.69, 9.17) is 0 Å². The van der Waals surface area contributed by atoms with Gasteiger partial charge in [0.05, 0.1) is 0 Å². The van der Waals surface area contributed by atoms with Crippen molar-refractivity contribution < 1.29 is 9.59 Å². The van der Waals surface area contributed by atoms with Crippen LogP contribution in [0.4, 0.5) is 5.82 Å². The number of carbonyl (C=O) groups excluding carboxylic acids is 2. The van der Waals surface area contributed by atoms with E-state index in [0.29, 0.717) is 37.7 Å². The summed E-state index contributed by atoms with van der Waals surface area (Å²) < 4.78 is 0. The molecular weight excluding hydrogens is 330 g/mol. The van der Waals surface area contributed by atoms with Crippen LogP contribution in [0.2, 0.25) is 0 Å². The number of hydrogen-bond donors (Lipinski definition) is 1. The number of nitrogens with zero attached hydrogens (tertiary/aromatic N) is 4. The average molecular weight is 353 g/mol. The van der Waals surface area contributed by atoms with Crippen LogP contribution in [0.5, 0.6) is 0 Å². The second kappa shape index (κ2) is 8.42. The highest BCUT2D eigenvalue weighted by Gasteiger charge is 2.24. The van der Waals surface area contributed by atoms with E-state index in [0.717, 1.165) is 13.0 Å². The van der Waals surface area contributed by atoms with Gasteiger partial charge in [0.2, 0.25) is 5.91 Å². The molecule has 0 saturated carbocycles. The van der Waals surface area contributed by atoms with Crippen molar-refractivity contribution in [3.63, 3.8) is 0 Å². The minimum absolute atomic E-state index is 0.0443. The molecule has 26 heavy (non-hydrogen) atoms. The van der Waals surface area contributed by atoms with Gasteiger partial charge in [-0.25, -0.2) is 0 Å². The van der Waals surface area contributed by atoms with Crippen molar-refractivity contribution in [2.24, 2.45) is 0 Å². The summed E-state index contributed by atoms with van der Waals surface area (Å²) in [7, 11) is 0. The Labute approximate surface area is 153 Å². The van der Waals surface area contributed by atoms with Gasteiger partial charge in [-0.05, 0) is 24.1 Å². The molecule has 1 fully saturated rings. The van der Waals surface area contributed by atoms with Crippen LogP contribution in [-0.4, -0.2) is 64.5 Å². The molecule has 0 spiro atoms. The molecule has 7 nitrogen and oxygen atoms in total. The zero-order chi connectivity index (χ0) is 18.4. The molecular formula is C19H23N5O2. The Balaban J connectivity index is 1.49. The Hall–Kier alpha value is -2.96. The molecule has 136 valence electrons. The van der Waals surface area contributed by atoms with E-state index in [-0.39, 0.29) is 11.8 Å². The predicted octanol–water partition coefficient (Wildman–Crippen LogP) is 1.44. The van der Waals surface area contributed by atoms with Crippen molar-refractivity contribution in [1.29, 1.82) is 0 Å². The predicted molar refractivity (Wildman–Crippen MR) is 98.8 cm³/mol. The maximum absolute atomic E-state index is 12.5. The third-order valence-electron chi connectivity index (χ3n) is 4.46. The molecule has 2 amide bonds. The lowest BCUT2D eigenvalue weighted by Crippen LogP contribution is -2.50. The molecule has 0 atom stereocenters. The van der Waals surface area contributed by atoms with E-state index in [9.17, 15) is 9.59 Å². The monoisotopic (exact) mass is 353 g/mol. The van der Waals surface area contributed by atoms with Crippen LogP contribution in [0.15, 0.2) is 42.5 Å². The molecule has 0 bridgehead atoms. The van der Waals surface area contributed by atoms with Gasteiger partial charge in [0.1, 0.15) is 5.82 Å². The zero-order valence-corrected chi connectivity index (χ0v) is 14.9. The number of amides is 2.